The first-order chi connectivity index (χ1) is 11.2. The number of anilines is 1. The van der Waals surface area contributed by atoms with Gasteiger partial charge in [-0.1, -0.05) is 48.0 Å². The molecule has 0 aromatic heterocycles. The van der Waals surface area contributed by atoms with E-state index in [4.69, 9.17) is 11.6 Å². The van der Waals surface area contributed by atoms with Crippen LogP contribution in [0.3, 0.4) is 0 Å². The molecule has 0 saturated carbocycles. The third-order valence-electron chi connectivity index (χ3n) is 3.39. The average Bonchev–Trinajstić information content (AvgIpc) is 2.57. The van der Waals surface area contributed by atoms with Gasteiger partial charge < -0.3 is 5.32 Å². The number of hydrazone groups is 1. The first-order valence-corrected chi connectivity index (χ1v) is 7.88. The number of rotatable bonds is 7. The molecule has 0 radical (unpaired) electrons. The maximum atomic E-state index is 11.7. The topological polar surface area (TPSA) is 53.5 Å². The first-order valence-electron chi connectivity index (χ1n) is 7.50. The number of nitrogens with one attached hydrogen (secondary N) is 2. The molecule has 0 bridgehead atoms. The summed E-state index contributed by atoms with van der Waals surface area (Å²) < 4.78 is 0. The fourth-order valence-electron chi connectivity index (χ4n) is 2.07. The Labute approximate surface area is 141 Å². The van der Waals surface area contributed by atoms with Crippen molar-refractivity contribution in [1.29, 1.82) is 0 Å². The van der Waals surface area contributed by atoms with Gasteiger partial charge in [-0.3, -0.25) is 4.79 Å². The molecule has 2 aromatic carbocycles. The van der Waals surface area contributed by atoms with Crippen molar-refractivity contribution in [2.24, 2.45) is 5.10 Å². The van der Waals surface area contributed by atoms with Crippen LogP contribution in [0.25, 0.3) is 0 Å². The largest absolute Gasteiger partial charge is 0.376 e. The normalized spacial score (nSPS) is 10.7. The van der Waals surface area contributed by atoms with E-state index in [-0.39, 0.29) is 12.5 Å². The highest BCUT2D eigenvalue weighted by Crippen LogP contribution is 2.22. The second kappa shape index (κ2) is 8.96. The molecule has 0 unspecified atom stereocenters. The maximum Gasteiger partial charge on any atom is 0.259 e. The van der Waals surface area contributed by atoms with Crippen molar-refractivity contribution in [2.45, 2.75) is 19.8 Å². The number of carbonyl (C=O) groups excluding carboxylic acids is 1. The summed E-state index contributed by atoms with van der Waals surface area (Å²) in [4.78, 5) is 11.7. The van der Waals surface area contributed by atoms with Crippen LogP contribution in [0.4, 0.5) is 5.69 Å². The molecular weight excluding hydrogens is 310 g/mol. The minimum atomic E-state index is -0.194. The zero-order chi connectivity index (χ0) is 16.5. The molecule has 0 heterocycles. The number of hydrogen-bond acceptors (Lipinski definition) is 3. The Morgan fingerprint density at radius 1 is 1.17 bits per heavy atom. The third-order valence-corrected chi connectivity index (χ3v) is 3.80. The Morgan fingerprint density at radius 3 is 2.74 bits per heavy atom. The molecule has 0 atom stereocenters. The number of carbonyl (C=O) groups is 1. The summed E-state index contributed by atoms with van der Waals surface area (Å²) in [5.74, 6) is -0.194. The predicted molar refractivity (Wildman–Crippen MR) is 96.1 cm³/mol. The van der Waals surface area contributed by atoms with Gasteiger partial charge in [0.05, 0.1) is 6.54 Å². The fraction of sp³-hybridized carbons (Fsp3) is 0.222. The van der Waals surface area contributed by atoms with Gasteiger partial charge in [-0.25, -0.2) is 5.43 Å². The van der Waals surface area contributed by atoms with E-state index in [2.05, 4.69) is 28.0 Å². The van der Waals surface area contributed by atoms with Crippen molar-refractivity contribution in [2.75, 3.05) is 11.9 Å². The Hall–Kier alpha value is -2.33. The van der Waals surface area contributed by atoms with E-state index in [9.17, 15) is 4.79 Å². The van der Waals surface area contributed by atoms with Gasteiger partial charge in [0.25, 0.3) is 5.91 Å². The summed E-state index contributed by atoms with van der Waals surface area (Å²) in [6, 6.07) is 15.7. The molecule has 0 saturated heterocycles. The van der Waals surface area contributed by atoms with Crippen molar-refractivity contribution in [3.05, 3.63) is 64.7 Å². The molecule has 1 amide bonds. The molecule has 0 fully saturated rings. The highest BCUT2D eigenvalue weighted by Gasteiger charge is 2.04. The molecule has 23 heavy (non-hydrogen) atoms. The number of amides is 1. The smallest absolute Gasteiger partial charge is 0.259 e. The zero-order valence-electron chi connectivity index (χ0n) is 13.1. The Morgan fingerprint density at radius 2 is 1.96 bits per heavy atom. The van der Waals surface area contributed by atoms with Crippen molar-refractivity contribution in [3.63, 3.8) is 0 Å². The number of nitrogens with zero attached hydrogens (tertiary/aromatic N) is 1. The summed E-state index contributed by atoms with van der Waals surface area (Å²) in [7, 11) is 0. The van der Waals surface area contributed by atoms with E-state index in [0.717, 1.165) is 24.1 Å². The van der Waals surface area contributed by atoms with E-state index in [1.165, 1.54) is 5.56 Å². The van der Waals surface area contributed by atoms with Crippen molar-refractivity contribution in [3.8, 4) is 0 Å². The molecule has 2 rings (SSSR count). The lowest BCUT2D eigenvalue weighted by Gasteiger charge is -2.09. The number of halogens is 1. The molecule has 0 aliphatic carbocycles. The number of aryl methyl sites for hydroxylation is 1. The summed E-state index contributed by atoms with van der Waals surface area (Å²) in [6.45, 7) is 2.06. The molecule has 5 heteroatoms. The van der Waals surface area contributed by atoms with Gasteiger partial charge in [-0.2, -0.15) is 5.10 Å². The second-order valence-corrected chi connectivity index (χ2v) is 5.54. The molecule has 4 nitrogen and oxygen atoms in total. The van der Waals surface area contributed by atoms with E-state index in [1.807, 2.05) is 43.3 Å². The van der Waals surface area contributed by atoms with Crippen LogP contribution in [0, 0.1) is 6.92 Å². The van der Waals surface area contributed by atoms with Gasteiger partial charge in [-0.05, 0) is 43.0 Å². The van der Waals surface area contributed by atoms with Gasteiger partial charge in [0.2, 0.25) is 0 Å². The second-order valence-electron chi connectivity index (χ2n) is 5.14. The van der Waals surface area contributed by atoms with Crippen LogP contribution in [0.5, 0.6) is 0 Å². The number of benzene rings is 2. The zero-order valence-corrected chi connectivity index (χ0v) is 13.8. The average molecular weight is 330 g/mol. The van der Waals surface area contributed by atoms with Crippen LogP contribution in [0.2, 0.25) is 5.02 Å². The summed E-state index contributed by atoms with van der Waals surface area (Å²) in [5.41, 5.74) is 5.53. The van der Waals surface area contributed by atoms with E-state index in [1.54, 1.807) is 6.21 Å². The molecule has 0 spiro atoms. The fourth-order valence-corrected chi connectivity index (χ4v) is 2.25. The minimum Gasteiger partial charge on any atom is -0.376 e. The Bertz CT molecular complexity index is 671. The highest BCUT2D eigenvalue weighted by molar-refractivity contribution is 6.31. The van der Waals surface area contributed by atoms with Crippen molar-refractivity contribution >= 4 is 29.4 Å². The van der Waals surface area contributed by atoms with E-state index >= 15 is 0 Å². The molecule has 2 N–H and O–H groups in total. The van der Waals surface area contributed by atoms with Crippen LogP contribution < -0.4 is 10.7 Å². The van der Waals surface area contributed by atoms with Crippen molar-refractivity contribution in [1.82, 2.24) is 5.43 Å². The van der Waals surface area contributed by atoms with Gasteiger partial charge >= 0.3 is 0 Å². The van der Waals surface area contributed by atoms with Crippen LogP contribution in [-0.4, -0.2) is 18.7 Å². The van der Waals surface area contributed by atoms with Crippen LogP contribution in [-0.2, 0) is 11.2 Å². The lowest BCUT2D eigenvalue weighted by Crippen LogP contribution is -2.26. The molecule has 120 valence electrons. The predicted octanol–water partition coefficient (Wildman–Crippen LogP) is 3.80. The first kappa shape index (κ1) is 17.0. The van der Waals surface area contributed by atoms with Gasteiger partial charge in [0.15, 0.2) is 0 Å². The molecular formula is C18H20ClN3O. The van der Waals surface area contributed by atoms with Crippen molar-refractivity contribution < 1.29 is 4.79 Å². The SMILES string of the molecule is Cc1c(Cl)cccc1NCC(=O)NN=CCCc1ccccc1. The number of hydrogen-bond donors (Lipinski definition) is 2. The third kappa shape index (κ3) is 5.75. The van der Waals surface area contributed by atoms with E-state index in [0.29, 0.717) is 5.02 Å². The quantitative estimate of drug-likeness (QED) is 0.599. The van der Waals surface area contributed by atoms with Gasteiger partial charge in [0, 0.05) is 16.9 Å². The summed E-state index contributed by atoms with van der Waals surface area (Å²) in [6.07, 6.45) is 3.40. The van der Waals surface area contributed by atoms with E-state index < -0.39 is 0 Å². The van der Waals surface area contributed by atoms with Gasteiger partial charge in [0.1, 0.15) is 0 Å². The van der Waals surface area contributed by atoms with Crippen LogP contribution in [0.15, 0.2) is 53.6 Å². The van der Waals surface area contributed by atoms with Gasteiger partial charge in [-0.15, -0.1) is 0 Å². The standard InChI is InChI=1S/C18H20ClN3O/c1-14-16(19)10-5-11-17(14)20-13-18(23)22-21-12-6-9-15-7-3-2-4-8-15/h2-5,7-8,10-12,20H,6,9,13H2,1H3,(H,22,23). The molecule has 0 aliphatic rings. The Kier molecular flexibility index (Phi) is 6.63. The van der Waals surface area contributed by atoms with Crippen LogP contribution >= 0.6 is 11.6 Å². The summed E-state index contributed by atoms with van der Waals surface area (Å²) >= 11 is 6.03. The lowest BCUT2D eigenvalue weighted by molar-refractivity contribution is -0.119. The summed E-state index contributed by atoms with van der Waals surface area (Å²) in [5, 5.41) is 7.67. The highest BCUT2D eigenvalue weighted by atomic mass is 35.5. The lowest BCUT2D eigenvalue weighted by atomic mass is 10.1. The maximum absolute atomic E-state index is 11.7. The molecule has 0 aliphatic heterocycles. The van der Waals surface area contributed by atoms with Crippen LogP contribution in [0.1, 0.15) is 17.5 Å². The minimum absolute atomic E-state index is 0.150. The monoisotopic (exact) mass is 329 g/mol. The molecule has 2 aromatic rings. The Balaban J connectivity index is 1.69.